The Morgan fingerprint density at radius 3 is 2.74 bits per heavy atom. The van der Waals surface area contributed by atoms with E-state index in [0.717, 1.165) is 45.3 Å². The first kappa shape index (κ1) is 19.3. The molecule has 0 aliphatic carbocycles. The molecule has 2 aromatic rings. The quantitative estimate of drug-likeness (QED) is 0.785. The molecule has 0 atom stereocenters. The molecule has 27 heavy (non-hydrogen) atoms. The van der Waals surface area contributed by atoms with Crippen molar-refractivity contribution in [3.05, 3.63) is 38.7 Å². The highest BCUT2D eigenvalue weighted by Gasteiger charge is 2.24. The maximum absolute atomic E-state index is 12.8. The molecule has 3 rings (SSSR count). The van der Waals surface area contributed by atoms with Gasteiger partial charge in [-0.15, -0.1) is 0 Å². The molecule has 0 aromatic carbocycles. The van der Waals surface area contributed by atoms with Gasteiger partial charge < -0.3 is 10.2 Å². The first-order valence-corrected chi connectivity index (χ1v) is 9.62. The molecule has 8 heteroatoms. The minimum atomic E-state index is -0.504. The van der Waals surface area contributed by atoms with Crippen molar-refractivity contribution in [3.8, 4) is 0 Å². The Balaban J connectivity index is 1.82. The number of aryl methyl sites for hydroxylation is 1. The van der Waals surface area contributed by atoms with Crippen LogP contribution in [0.4, 0.5) is 0 Å². The number of hydrogen-bond donors (Lipinski definition) is 2. The predicted octanol–water partition coefficient (Wildman–Crippen LogP) is 0.956. The molecule has 1 aliphatic heterocycles. The van der Waals surface area contributed by atoms with Crippen LogP contribution in [0.1, 0.15) is 43.0 Å². The van der Waals surface area contributed by atoms with Crippen molar-refractivity contribution < 1.29 is 4.79 Å². The van der Waals surface area contributed by atoms with Gasteiger partial charge in [-0.1, -0.05) is 6.92 Å². The van der Waals surface area contributed by atoms with Crippen molar-refractivity contribution in [2.75, 3.05) is 26.7 Å². The lowest BCUT2D eigenvalue weighted by Gasteiger charge is -2.32. The number of amides is 1. The van der Waals surface area contributed by atoms with Crippen molar-refractivity contribution in [2.24, 2.45) is 5.92 Å². The summed E-state index contributed by atoms with van der Waals surface area (Å²) in [5.74, 6) is 0.534. The van der Waals surface area contributed by atoms with Crippen LogP contribution >= 0.6 is 0 Å². The zero-order valence-corrected chi connectivity index (χ0v) is 16.0. The minimum absolute atomic E-state index is 0.107. The summed E-state index contributed by atoms with van der Waals surface area (Å²) in [6, 6.07) is 1.56. The predicted molar refractivity (Wildman–Crippen MR) is 104 cm³/mol. The third-order valence-corrected chi connectivity index (χ3v) is 5.23. The number of nitrogens with one attached hydrogen (secondary N) is 2. The van der Waals surface area contributed by atoms with Crippen LogP contribution in [0.25, 0.3) is 11.0 Å². The molecule has 2 aromatic heterocycles. The Kier molecular flexibility index (Phi) is 6.05. The van der Waals surface area contributed by atoms with Crippen molar-refractivity contribution in [2.45, 2.75) is 39.2 Å². The molecule has 3 heterocycles. The molecule has 8 nitrogen and oxygen atoms in total. The van der Waals surface area contributed by atoms with Crippen LogP contribution in [-0.2, 0) is 6.54 Å². The van der Waals surface area contributed by atoms with Crippen LogP contribution in [0.5, 0.6) is 0 Å². The molecule has 1 amide bonds. The normalized spacial score (nSPS) is 15.4. The molecule has 1 saturated heterocycles. The average molecular weight is 373 g/mol. The van der Waals surface area contributed by atoms with Gasteiger partial charge in [0, 0.05) is 25.8 Å². The van der Waals surface area contributed by atoms with Crippen LogP contribution in [0.2, 0.25) is 0 Å². The Hall–Kier alpha value is -2.48. The van der Waals surface area contributed by atoms with E-state index < -0.39 is 11.2 Å². The van der Waals surface area contributed by atoms with E-state index in [1.165, 1.54) is 10.8 Å². The lowest BCUT2D eigenvalue weighted by Crippen LogP contribution is -2.39. The third kappa shape index (κ3) is 4.10. The van der Waals surface area contributed by atoms with E-state index >= 15 is 0 Å². The van der Waals surface area contributed by atoms with Crippen molar-refractivity contribution in [1.82, 2.24) is 24.8 Å². The number of carbonyl (C=O) groups excluding carboxylic acids is 1. The first-order chi connectivity index (χ1) is 13.0. The van der Waals surface area contributed by atoms with Gasteiger partial charge in [0.05, 0.1) is 10.9 Å². The molecular weight excluding hydrogens is 346 g/mol. The lowest BCUT2D eigenvalue weighted by atomic mass is 9.93. The second-order valence-corrected chi connectivity index (χ2v) is 7.13. The molecule has 1 fully saturated rings. The summed E-state index contributed by atoms with van der Waals surface area (Å²) in [7, 11) is 1.95. The van der Waals surface area contributed by atoms with Gasteiger partial charge >= 0.3 is 5.69 Å². The summed E-state index contributed by atoms with van der Waals surface area (Å²) >= 11 is 0. The fraction of sp³-hybridized carbons (Fsp3) is 0.579. The van der Waals surface area contributed by atoms with Gasteiger partial charge in [-0.3, -0.25) is 19.1 Å². The van der Waals surface area contributed by atoms with Crippen LogP contribution in [0, 0.1) is 5.92 Å². The second kappa shape index (κ2) is 8.47. The van der Waals surface area contributed by atoms with E-state index in [1.54, 1.807) is 6.07 Å². The van der Waals surface area contributed by atoms with Gasteiger partial charge in [0.2, 0.25) is 0 Å². The molecule has 0 bridgehead atoms. The number of piperidine rings is 1. The van der Waals surface area contributed by atoms with Crippen LogP contribution < -0.4 is 16.6 Å². The number of hydrogen-bond acceptors (Lipinski definition) is 5. The first-order valence-electron chi connectivity index (χ1n) is 9.62. The molecule has 0 saturated carbocycles. The van der Waals surface area contributed by atoms with Crippen LogP contribution in [0.3, 0.4) is 0 Å². The highest BCUT2D eigenvalue weighted by atomic mass is 16.2. The SMILES string of the molecule is CCCn1c(=O)[nH]c(=O)c2cc(C(=O)N3CCC(CCNC)CC3)cnc21. The van der Waals surface area contributed by atoms with Gasteiger partial charge in [0.25, 0.3) is 11.5 Å². The smallest absolute Gasteiger partial charge is 0.329 e. The number of rotatable bonds is 6. The van der Waals surface area contributed by atoms with Gasteiger partial charge in [-0.25, -0.2) is 9.78 Å². The molecular formula is C19H27N5O3. The number of carbonyl (C=O) groups is 1. The van der Waals surface area contributed by atoms with Gasteiger partial charge in [0.15, 0.2) is 0 Å². The largest absolute Gasteiger partial charge is 0.339 e. The topological polar surface area (TPSA) is 100 Å². The van der Waals surface area contributed by atoms with Gasteiger partial charge in [0.1, 0.15) is 5.65 Å². The molecule has 1 aliphatic rings. The van der Waals surface area contributed by atoms with Crippen molar-refractivity contribution in [1.29, 1.82) is 0 Å². The Bertz CT molecular complexity index is 925. The van der Waals surface area contributed by atoms with Gasteiger partial charge in [-0.2, -0.15) is 0 Å². The van der Waals surface area contributed by atoms with Crippen LogP contribution in [-0.4, -0.2) is 52.0 Å². The summed E-state index contributed by atoms with van der Waals surface area (Å²) < 4.78 is 1.44. The summed E-state index contributed by atoms with van der Waals surface area (Å²) in [5.41, 5.74) is -0.254. The van der Waals surface area contributed by atoms with E-state index in [-0.39, 0.29) is 11.3 Å². The molecule has 146 valence electrons. The second-order valence-electron chi connectivity index (χ2n) is 7.13. The van der Waals surface area contributed by atoms with Crippen LogP contribution in [0.15, 0.2) is 21.9 Å². The third-order valence-electron chi connectivity index (χ3n) is 5.23. The van der Waals surface area contributed by atoms with E-state index in [0.29, 0.717) is 23.7 Å². The number of likely N-dealkylation sites (tertiary alicyclic amines) is 1. The summed E-state index contributed by atoms with van der Waals surface area (Å²) in [6.07, 6.45) is 5.32. The zero-order valence-electron chi connectivity index (χ0n) is 16.0. The molecule has 0 unspecified atom stereocenters. The molecule has 0 radical (unpaired) electrons. The maximum atomic E-state index is 12.8. The average Bonchev–Trinajstić information content (AvgIpc) is 2.69. The summed E-state index contributed by atoms with van der Waals surface area (Å²) in [5, 5.41) is 3.44. The standard InChI is InChI=1S/C19H27N5O3/c1-3-8-24-16-15(17(25)22-19(24)27)11-14(12-21-16)18(26)23-9-5-13(6-10-23)4-7-20-2/h11-13,20H,3-10H2,1-2H3,(H,22,25,27). The summed E-state index contributed by atoms with van der Waals surface area (Å²) in [4.78, 5) is 45.5. The monoisotopic (exact) mass is 373 g/mol. The Morgan fingerprint density at radius 2 is 2.07 bits per heavy atom. The molecule has 2 N–H and O–H groups in total. The number of aromatic nitrogens is 3. The fourth-order valence-corrected chi connectivity index (χ4v) is 3.67. The number of pyridine rings is 1. The number of aromatic amines is 1. The number of fused-ring (bicyclic) bond motifs is 1. The minimum Gasteiger partial charge on any atom is -0.339 e. The highest BCUT2D eigenvalue weighted by molar-refractivity contribution is 5.96. The van der Waals surface area contributed by atoms with E-state index in [9.17, 15) is 14.4 Å². The highest BCUT2D eigenvalue weighted by Crippen LogP contribution is 2.21. The maximum Gasteiger partial charge on any atom is 0.329 e. The zero-order chi connectivity index (χ0) is 19.4. The Morgan fingerprint density at radius 1 is 1.33 bits per heavy atom. The lowest BCUT2D eigenvalue weighted by molar-refractivity contribution is 0.0687. The number of nitrogens with zero attached hydrogens (tertiary/aromatic N) is 3. The number of H-pyrrole nitrogens is 1. The Labute approximate surface area is 157 Å². The van der Waals surface area contributed by atoms with Crippen molar-refractivity contribution >= 4 is 16.9 Å². The molecule has 0 spiro atoms. The van der Waals surface area contributed by atoms with E-state index in [4.69, 9.17) is 0 Å². The van der Waals surface area contributed by atoms with Gasteiger partial charge in [-0.05, 0) is 51.3 Å². The van der Waals surface area contributed by atoms with Crippen molar-refractivity contribution in [3.63, 3.8) is 0 Å². The fourth-order valence-electron chi connectivity index (χ4n) is 3.67. The van der Waals surface area contributed by atoms with E-state index in [1.807, 2.05) is 18.9 Å². The summed E-state index contributed by atoms with van der Waals surface area (Å²) in [6.45, 7) is 4.84. The van der Waals surface area contributed by atoms with E-state index in [2.05, 4.69) is 15.3 Å².